The van der Waals surface area contributed by atoms with Crippen LogP contribution >= 0.6 is 0 Å². The summed E-state index contributed by atoms with van der Waals surface area (Å²) >= 11 is -0.969. The first-order chi connectivity index (χ1) is 17.0. The van der Waals surface area contributed by atoms with Gasteiger partial charge in [-0.1, -0.05) is 0 Å². The van der Waals surface area contributed by atoms with Crippen molar-refractivity contribution < 1.29 is 13.8 Å². The molecule has 0 radical (unpaired) electrons. The van der Waals surface area contributed by atoms with E-state index in [9.17, 15) is 9.35 Å². The molecule has 0 bridgehead atoms. The Morgan fingerprint density at radius 1 is 1.26 bits per heavy atom. The maximum Gasteiger partial charge on any atom is 0.223 e. The normalized spacial score (nSPS) is 29.7. The molecule has 35 heavy (non-hydrogen) atoms. The fraction of sp³-hybridized carbons (Fsp3) is 0.583. The van der Waals surface area contributed by atoms with E-state index in [0.717, 1.165) is 67.7 Å². The standard InChI is InChI=1S/C24H31N7O3S/c1-30-14-16(4-5-21(30)32)25-23-22-17(8-12-35(22)33)26-24(27-23)31-9-6-15(7-10-31)18-13-19(29-28-18)20-3-2-11-34-20/h2-3,11,13,15-17,22H,4-10,12,14H2,1H3,(H,28,29)(H,25,26,27)/t16-,17?,22?,35?/m0/s1. The summed E-state index contributed by atoms with van der Waals surface area (Å²) in [6.45, 7) is 2.36. The number of guanidine groups is 1. The van der Waals surface area contributed by atoms with Gasteiger partial charge < -0.3 is 24.1 Å². The molecule has 0 aliphatic carbocycles. The van der Waals surface area contributed by atoms with Gasteiger partial charge in [-0.05, 0) is 48.6 Å². The number of likely N-dealkylation sites (tertiary alicyclic amines) is 2. The summed E-state index contributed by atoms with van der Waals surface area (Å²) in [7, 11) is 1.84. The molecule has 6 heterocycles. The zero-order chi connectivity index (χ0) is 23.9. The summed E-state index contributed by atoms with van der Waals surface area (Å²) in [5.74, 6) is 3.56. The SMILES string of the molecule is CN1C[C@@H](NC2=NC(N3CCC(c4cc(-c5ccco5)n[nH]4)CC3)=NC3CC[S+]([O-])C23)CCC1=O. The lowest BCUT2D eigenvalue weighted by Crippen LogP contribution is -2.55. The van der Waals surface area contributed by atoms with Crippen LogP contribution in [0.15, 0.2) is 38.9 Å². The topological polar surface area (TPSA) is 125 Å². The predicted molar refractivity (Wildman–Crippen MR) is 134 cm³/mol. The maximum absolute atomic E-state index is 12.8. The quantitative estimate of drug-likeness (QED) is 0.622. The third-order valence-corrected chi connectivity index (χ3v) is 9.33. The van der Waals surface area contributed by atoms with Gasteiger partial charge in [0.05, 0.1) is 6.26 Å². The molecule has 3 unspecified atom stereocenters. The Morgan fingerprint density at radius 3 is 2.89 bits per heavy atom. The monoisotopic (exact) mass is 497 g/mol. The number of amidine groups is 1. The van der Waals surface area contributed by atoms with Gasteiger partial charge in [0.2, 0.25) is 11.9 Å². The molecule has 0 spiro atoms. The first-order valence-electron chi connectivity index (χ1n) is 12.4. The molecule has 4 atom stereocenters. The van der Waals surface area contributed by atoms with Gasteiger partial charge in [-0.25, -0.2) is 4.99 Å². The van der Waals surface area contributed by atoms with Gasteiger partial charge in [-0.2, -0.15) is 10.1 Å². The number of hydrogen-bond acceptors (Lipinski definition) is 8. The molecule has 6 rings (SSSR count). The minimum atomic E-state index is -0.969. The number of aliphatic imine (C=N–C) groups is 2. The lowest BCUT2D eigenvalue weighted by atomic mass is 9.93. The highest BCUT2D eigenvalue weighted by atomic mass is 32.2. The van der Waals surface area contributed by atoms with E-state index in [1.165, 1.54) is 0 Å². The number of nitrogens with one attached hydrogen (secondary N) is 2. The Hall–Kier alpha value is -2.79. The molecule has 10 nitrogen and oxygen atoms in total. The van der Waals surface area contributed by atoms with Crippen LogP contribution in [-0.4, -0.2) is 92.0 Å². The number of piperidine rings is 2. The van der Waals surface area contributed by atoms with Crippen LogP contribution in [0.25, 0.3) is 11.5 Å². The highest BCUT2D eigenvalue weighted by Crippen LogP contribution is 2.32. The molecule has 0 aromatic carbocycles. The Kier molecular flexibility index (Phi) is 6.05. The molecule has 186 valence electrons. The number of aromatic nitrogens is 2. The third-order valence-electron chi connectivity index (χ3n) is 7.59. The summed E-state index contributed by atoms with van der Waals surface area (Å²) in [6, 6.07) is 6.01. The largest absolute Gasteiger partial charge is 0.616 e. The molecule has 11 heteroatoms. The number of fused-ring (bicyclic) bond motifs is 1. The number of rotatable bonds is 3. The number of carbonyl (C=O) groups is 1. The van der Waals surface area contributed by atoms with E-state index >= 15 is 0 Å². The second-order valence-electron chi connectivity index (χ2n) is 9.89. The maximum atomic E-state index is 12.8. The summed E-state index contributed by atoms with van der Waals surface area (Å²) in [6.07, 6.45) is 5.74. The molecule has 2 aromatic rings. The van der Waals surface area contributed by atoms with Gasteiger partial charge in [0.1, 0.15) is 17.5 Å². The van der Waals surface area contributed by atoms with E-state index < -0.39 is 11.2 Å². The number of nitrogens with zero attached hydrogens (tertiary/aromatic N) is 5. The number of amides is 1. The number of likely N-dealkylation sites (N-methyl/N-ethyl adjacent to an activating group) is 1. The van der Waals surface area contributed by atoms with Gasteiger partial charge in [0.25, 0.3) is 0 Å². The van der Waals surface area contributed by atoms with Gasteiger partial charge in [-0.15, -0.1) is 0 Å². The van der Waals surface area contributed by atoms with Crippen molar-refractivity contribution in [1.29, 1.82) is 0 Å². The van der Waals surface area contributed by atoms with E-state index in [1.807, 2.05) is 19.2 Å². The van der Waals surface area contributed by atoms with Crippen LogP contribution in [0, 0.1) is 0 Å². The highest BCUT2D eigenvalue weighted by molar-refractivity contribution is 7.93. The minimum Gasteiger partial charge on any atom is -0.616 e. The van der Waals surface area contributed by atoms with Gasteiger partial charge >= 0.3 is 0 Å². The van der Waals surface area contributed by atoms with Crippen molar-refractivity contribution in [1.82, 2.24) is 25.3 Å². The van der Waals surface area contributed by atoms with Crippen LogP contribution in [0.4, 0.5) is 0 Å². The average molecular weight is 498 g/mol. The fourth-order valence-corrected chi connectivity index (χ4v) is 7.22. The Labute approximate surface area is 207 Å². The van der Waals surface area contributed by atoms with Crippen molar-refractivity contribution >= 4 is 28.9 Å². The molecule has 3 fully saturated rings. The number of H-pyrrole nitrogens is 1. The second-order valence-corrected chi connectivity index (χ2v) is 11.6. The predicted octanol–water partition coefficient (Wildman–Crippen LogP) is 1.72. The van der Waals surface area contributed by atoms with Gasteiger partial charge in [0.15, 0.2) is 16.8 Å². The molecule has 2 aromatic heterocycles. The van der Waals surface area contributed by atoms with E-state index in [1.54, 1.807) is 11.2 Å². The summed E-state index contributed by atoms with van der Waals surface area (Å²) in [4.78, 5) is 25.8. The lowest BCUT2D eigenvalue weighted by molar-refractivity contribution is -0.132. The number of furan rings is 1. The van der Waals surface area contributed by atoms with E-state index in [2.05, 4.69) is 26.5 Å². The molecule has 4 aliphatic rings. The Balaban J connectivity index is 1.14. The fourth-order valence-electron chi connectivity index (χ4n) is 5.57. The van der Waals surface area contributed by atoms with Crippen molar-refractivity contribution in [3.05, 3.63) is 30.2 Å². The molecule has 4 aliphatic heterocycles. The number of aromatic amines is 1. The minimum absolute atomic E-state index is 0.00923. The zero-order valence-corrected chi connectivity index (χ0v) is 20.7. The third kappa shape index (κ3) is 4.47. The molecule has 1 amide bonds. The van der Waals surface area contributed by atoms with Gasteiger partial charge in [-0.3, -0.25) is 9.89 Å². The Morgan fingerprint density at radius 2 is 2.11 bits per heavy atom. The van der Waals surface area contributed by atoms with Crippen molar-refractivity contribution in [2.24, 2.45) is 9.98 Å². The van der Waals surface area contributed by atoms with Crippen LogP contribution in [0.5, 0.6) is 0 Å². The van der Waals surface area contributed by atoms with Gasteiger partial charge in [0, 0.05) is 57.2 Å². The molecule has 2 N–H and O–H groups in total. The van der Waals surface area contributed by atoms with Crippen LogP contribution in [0.3, 0.4) is 0 Å². The van der Waals surface area contributed by atoms with Crippen LogP contribution in [-0.2, 0) is 16.0 Å². The van der Waals surface area contributed by atoms with E-state index in [-0.39, 0.29) is 23.2 Å². The van der Waals surface area contributed by atoms with Crippen molar-refractivity contribution in [2.45, 2.75) is 55.4 Å². The lowest BCUT2D eigenvalue weighted by Gasteiger charge is -2.36. The first-order valence-corrected chi connectivity index (χ1v) is 13.8. The molecular formula is C24H31N7O3S. The van der Waals surface area contributed by atoms with Crippen molar-refractivity contribution in [3.8, 4) is 11.5 Å². The Bertz CT molecular complexity index is 1120. The van der Waals surface area contributed by atoms with Crippen LogP contribution in [0.2, 0.25) is 0 Å². The summed E-state index contributed by atoms with van der Waals surface area (Å²) < 4.78 is 18.2. The molecule has 3 saturated heterocycles. The van der Waals surface area contributed by atoms with Crippen LogP contribution < -0.4 is 5.32 Å². The molecular weight excluding hydrogens is 466 g/mol. The number of carbonyl (C=O) groups excluding carboxylic acids is 1. The average Bonchev–Trinajstić information content (AvgIpc) is 3.63. The first kappa shape index (κ1) is 22.7. The molecule has 0 saturated carbocycles. The smallest absolute Gasteiger partial charge is 0.223 e. The van der Waals surface area contributed by atoms with E-state index in [0.29, 0.717) is 24.6 Å². The highest BCUT2D eigenvalue weighted by Gasteiger charge is 2.46. The summed E-state index contributed by atoms with van der Waals surface area (Å²) in [5, 5.41) is 11.0. The zero-order valence-electron chi connectivity index (χ0n) is 19.9. The van der Waals surface area contributed by atoms with E-state index in [4.69, 9.17) is 14.4 Å². The second kappa shape index (κ2) is 9.34. The van der Waals surface area contributed by atoms with Crippen molar-refractivity contribution in [2.75, 3.05) is 32.4 Å². The van der Waals surface area contributed by atoms with Crippen molar-refractivity contribution in [3.63, 3.8) is 0 Å². The van der Waals surface area contributed by atoms with Crippen LogP contribution in [0.1, 0.15) is 43.7 Å². The number of hydrogen-bond donors (Lipinski definition) is 2. The summed E-state index contributed by atoms with van der Waals surface area (Å²) in [5.41, 5.74) is 1.97.